The summed E-state index contributed by atoms with van der Waals surface area (Å²) in [6.45, 7) is 3.10. The van der Waals surface area contributed by atoms with E-state index in [1.165, 1.54) is 6.07 Å². The molecule has 0 spiro atoms. The second-order valence-corrected chi connectivity index (χ2v) is 12.2. The molecule has 0 bridgehead atoms. The van der Waals surface area contributed by atoms with Gasteiger partial charge >= 0.3 is 12.1 Å². The Bertz CT molecular complexity index is 1880. The highest BCUT2D eigenvalue weighted by molar-refractivity contribution is 6.08. The van der Waals surface area contributed by atoms with Crippen LogP contribution >= 0.6 is 0 Å². The number of aliphatic hydroxyl groups is 3. The third-order valence-corrected chi connectivity index (χ3v) is 9.26. The summed E-state index contributed by atoms with van der Waals surface area (Å²) in [6, 6.07) is 5.63. The molecule has 2 aliphatic carbocycles. The predicted octanol–water partition coefficient (Wildman–Crippen LogP) is 0.871. The van der Waals surface area contributed by atoms with E-state index in [9.17, 15) is 30.0 Å². The summed E-state index contributed by atoms with van der Waals surface area (Å²) in [7, 11) is 1.58. The van der Waals surface area contributed by atoms with Gasteiger partial charge in [0.05, 0.1) is 18.8 Å². The Morgan fingerprint density at radius 1 is 1.19 bits per heavy atom. The van der Waals surface area contributed by atoms with Crippen molar-refractivity contribution in [1.29, 1.82) is 0 Å². The molecular weight excluding hydrogens is 626 g/mol. The van der Waals surface area contributed by atoms with E-state index in [2.05, 4.69) is 29.0 Å². The van der Waals surface area contributed by atoms with E-state index in [0.29, 0.717) is 27.5 Å². The quantitative estimate of drug-likeness (QED) is 0.160. The number of nitrogens with one attached hydrogen (secondary N) is 1. The number of benzene rings is 2. The van der Waals surface area contributed by atoms with Crippen LogP contribution in [0.5, 0.6) is 5.75 Å². The minimum Gasteiger partial charge on any atom is -0.507 e. The van der Waals surface area contributed by atoms with Crippen LogP contribution in [0.1, 0.15) is 28.4 Å². The van der Waals surface area contributed by atoms with Gasteiger partial charge in [-0.15, -0.1) is 0 Å². The van der Waals surface area contributed by atoms with Crippen LogP contribution in [0, 0.1) is 30.6 Å². The zero-order chi connectivity index (χ0) is 33.9. The maximum Gasteiger partial charge on any atom is 0.508 e. The van der Waals surface area contributed by atoms with Gasteiger partial charge in [0, 0.05) is 16.5 Å². The van der Waals surface area contributed by atoms with Crippen LogP contribution in [0.2, 0.25) is 0 Å². The summed E-state index contributed by atoms with van der Waals surface area (Å²) in [6.07, 6.45) is -5.68. The van der Waals surface area contributed by atoms with Crippen molar-refractivity contribution in [2.75, 3.05) is 13.7 Å². The highest BCUT2D eigenvalue weighted by Gasteiger charge is 2.65. The number of ether oxygens (including phenoxy) is 6. The largest absolute Gasteiger partial charge is 0.508 e. The lowest BCUT2D eigenvalue weighted by atomic mass is 9.97. The van der Waals surface area contributed by atoms with E-state index < -0.39 is 72.8 Å². The lowest BCUT2D eigenvalue weighted by molar-refractivity contribution is -0.273. The van der Waals surface area contributed by atoms with Crippen molar-refractivity contribution in [1.82, 2.24) is 5.32 Å². The molecule has 0 amide bonds. The molecule has 2 aromatic rings. The molecule has 48 heavy (non-hydrogen) atoms. The maximum absolute atomic E-state index is 14.0. The van der Waals surface area contributed by atoms with E-state index in [1.807, 2.05) is 6.92 Å². The first-order valence-electron chi connectivity index (χ1n) is 15.4. The molecule has 250 valence electrons. The zero-order valence-corrected chi connectivity index (χ0v) is 26.1. The maximum atomic E-state index is 14.0. The summed E-state index contributed by atoms with van der Waals surface area (Å²) in [5.74, 6) is 10.9. The summed E-state index contributed by atoms with van der Waals surface area (Å²) in [5.41, 5.74) is 0.848. The smallest absolute Gasteiger partial charge is 0.507 e. The fourth-order valence-electron chi connectivity index (χ4n) is 6.58. The number of aliphatic hydroxyl groups excluding tert-OH is 3. The Kier molecular flexibility index (Phi) is 8.18. The number of fused-ring (bicyclic) bond motifs is 3. The molecular formula is C35H33NO12. The summed E-state index contributed by atoms with van der Waals surface area (Å²) >= 11 is 0. The molecule has 7 rings (SSSR count). The summed E-state index contributed by atoms with van der Waals surface area (Å²) in [5, 5.41) is 46.0. The third kappa shape index (κ3) is 5.40. The SMILES string of the molecule is CNC1[C@@H](O[C@@H]2C3=CC#C[C@H]4O[C@@]4([C@H]4COC(=O)O4)C#CC3=C[C@H]2OC(=O)c2c(O)ccc3c(C)cc(CO)cc23)OC(C)[C@H](O)[C@H]1O. The lowest BCUT2D eigenvalue weighted by Crippen LogP contribution is -2.62. The molecule has 2 aromatic carbocycles. The van der Waals surface area contributed by atoms with Gasteiger partial charge in [-0.1, -0.05) is 35.8 Å². The van der Waals surface area contributed by atoms with Crippen LogP contribution in [-0.2, 0) is 35.0 Å². The number of phenolic OH excluding ortho intramolecular Hbond substituents is 1. The van der Waals surface area contributed by atoms with Crippen LogP contribution < -0.4 is 5.32 Å². The number of phenols is 1. The van der Waals surface area contributed by atoms with Crippen LogP contribution in [-0.4, -0.2) is 107 Å². The molecule has 0 radical (unpaired) electrons. The number of aryl methyl sites for hydroxylation is 1. The van der Waals surface area contributed by atoms with Crippen LogP contribution in [0.3, 0.4) is 0 Å². The number of aromatic hydroxyl groups is 1. The van der Waals surface area contributed by atoms with Gasteiger partial charge in [-0.3, -0.25) is 0 Å². The van der Waals surface area contributed by atoms with E-state index in [0.717, 1.165) is 5.56 Å². The molecule has 3 aliphatic heterocycles. The first-order chi connectivity index (χ1) is 23.0. The molecule has 2 unspecified atom stereocenters. The molecule has 5 aliphatic rings. The second-order valence-electron chi connectivity index (χ2n) is 12.2. The minimum absolute atomic E-state index is 0.0558. The van der Waals surface area contributed by atoms with E-state index in [-0.39, 0.29) is 24.5 Å². The first-order valence-corrected chi connectivity index (χ1v) is 15.4. The molecule has 0 saturated carbocycles. The van der Waals surface area contributed by atoms with Crippen molar-refractivity contribution in [3.63, 3.8) is 0 Å². The molecule has 3 saturated heterocycles. The monoisotopic (exact) mass is 659 g/mol. The summed E-state index contributed by atoms with van der Waals surface area (Å²) < 4.78 is 34.5. The number of carbonyl (C=O) groups is 2. The molecule has 3 fully saturated rings. The van der Waals surface area contributed by atoms with Crippen molar-refractivity contribution in [2.45, 2.75) is 81.1 Å². The van der Waals surface area contributed by atoms with Gasteiger partial charge in [0.15, 0.2) is 24.6 Å². The second kappa shape index (κ2) is 12.2. The molecule has 5 N–H and O–H groups in total. The van der Waals surface area contributed by atoms with E-state index in [1.54, 1.807) is 44.3 Å². The van der Waals surface area contributed by atoms with Gasteiger partial charge in [-0.05, 0) is 61.7 Å². The lowest BCUT2D eigenvalue weighted by Gasteiger charge is -2.42. The van der Waals surface area contributed by atoms with Crippen molar-refractivity contribution in [3.8, 4) is 29.4 Å². The van der Waals surface area contributed by atoms with Crippen molar-refractivity contribution in [3.05, 3.63) is 64.3 Å². The predicted molar refractivity (Wildman–Crippen MR) is 165 cm³/mol. The van der Waals surface area contributed by atoms with Gasteiger partial charge < -0.3 is 54.2 Å². The van der Waals surface area contributed by atoms with Gasteiger partial charge in [0.2, 0.25) is 5.60 Å². The number of epoxide rings is 1. The highest BCUT2D eigenvalue weighted by atomic mass is 16.8. The van der Waals surface area contributed by atoms with Gasteiger partial charge in [-0.25, -0.2) is 9.59 Å². The number of carbonyl (C=O) groups excluding carboxylic acids is 2. The van der Waals surface area contributed by atoms with Crippen molar-refractivity contribution in [2.24, 2.45) is 0 Å². The van der Waals surface area contributed by atoms with E-state index in [4.69, 9.17) is 28.4 Å². The Hall–Kier alpha value is -4.44. The number of cyclic esters (lactones) is 2. The number of rotatable bonds is 7. The summed E-state index contributed by atoms with van der Waals surface area (Å²) in [4.78, 5) is 25.6. The highest BCUT2D eigenvalue weighted by Crippen LogP contribution is 2.44. The van der Waals surface area contributed by atoms with Gasteiger partial charge in [0.25, 0.3) is 0 Å². The number of hydrogen-bond acceptors (Lipinski definition) is 13. The fourth-order valence-corrected chi connectivity index (χ4v) is 6.58. The normalized spacial score (nSPS) is 34.7. The number of esters is 1. The van der Waals surface area contributed by atoms with Gasteiger partial charge in [-0.2, -0.15) is 0 Å². The minimum atomic E-state index is -1.25. The topological polar surface area (TPSA) is 186 Å². The molecule has 0 aromatic heterocycles. The van der Waals surface area contributed by atoms with Crippen molar-refractivity contribution >= 4 is 22.9 Å². The third-order valence-electron chi connectivity index (χ3n) is 9.26. The molecule has 13 nitrogen and oxygen atoms in total. The molecule has 13 heteroatoms. The van der Waals surface area contributed by atoms with Gasteiger partial charge in [0.1, 0.15) is 36.2 Å². The van der Waals surface area contributed by atoms with Crippen LogP contribution in [0.25, 0.3) is 10.8 Å². The number of allylic oxidation sites excluding steroid dienone is 1. The molecule has 10 atom stereocenters. The first kappa shape index (κ1) is 32.1. The van der Waals surface area contributed by atoms with Crippen LogP contribution in [0.4, 0.5) is 4.79 Å². The molecule has 3 heterocycles. The standard InChI is InChI=1S/C35H33NO12/c1-16-11-18(14-37)12-22-20(16)7-8-23(38)27(22)32(41)45-24-13-19-9-10-35(26-15-43-34(42)46-26)25(48-35)6-4-5-21(19)31(24)47-33-28(36-3)30(40)29(39)17(2)44-33/h5,7-8,11-13,17,24-26,28-31,33,36-40H,14-15H2,1-3H3/t17?,24-,25-,26-,28?,29+,30+,31-,33-,35+/m1/s1. The van der Waals surface area contributed by atoms with Crippen LogP contribution in [0.15, 0.2) is 47.6 Å². The zero-order valence-electron chi connectivity index (χ0n) is 26.1. The average molecular weight is 660 g/mol. The average Bonchev–Trinajstić information content (AvgIpc) is 3.39. The number of hydrogen-bond donors (Lipinski definition) is 5. The number of likely N-dealkylation sites (N-methyl/N-ethyl adjacent to an activating group) is 1. The Morgan fingerprint density at radius 2 is 2.00 bits per heavy atom. The Labute approximate surface area is 275 Å². The Balaban J connectivity index is 1.27. The van der Waals surface area contributed by atoms with Crippen molar-refractivity contribution < 1.29 is 58.4 Å². The Morgan fingerprint density at radius 3 is 2.73 bits per heavy atom. The van der Waals surface area contributed by atoms with E-state index >= 15 is 0 Å². The fraction of sp³-hybridized carbons (Fsp3) is 0.429.